The third-order valence-corrected chi connectivity index (χ3v) is 2.33. The standard InChI is InChI=1S/C11H11ClF2O/c1-6-4-7(2)9(8(3)5-6)10(15)11(12,13)14/h4-5H,1-3H3. The second kappa shape index (κ2) is 3.89. The first-order valence-electron chi connectivity index (χ1n) is 4.43. The zero-order valence-corrected chi connectivity index (χ0v) is 9.45. The fourth-order valence-corrected chi connectivity index (χ4v) is 1.77. The fourth-order valence-electron chi connectivity index (χ4n) is 1.68. The summed E-state index contributed by atoms with van der Waals surface area (Å²) in [6.07, 6.45) is 0. The van der Waals surface area contributed by atoms with Crippen LogP contribution in [0.4, 0.5) is 8.78 Å². The smallest absolute Gasteiger partial charge is 0.286 e. The number of Topliss-reactive ketones (excluding diaryl/α,β-unsaturated/α-hetero) is 1. The molecular weight excluding hydrogens is 222 g/mol. The minimum Gasteiger partial charge on any atom is -0.286 e. The van der Waals surface area contributed by atoms with Crippen molar-refractivity contribution in [2.45, 2.75) is 26.2 Å². The molecule has 0 bridgehead atoms. The highest BCUT2D eigenvalue weighted by molar-refractivity contribution is 6.35. The molecule has 0 unspecified atom stereocenters. The summed E-state index contributed by atoms with van der Waals surface area (Å²) in [6, 6.07) is 3.37. The lowest BCUT2D eigenvalue weighted by molar-refractivity contribution is 0.0534. The molecule has 0 atom stereocenters. The van der Waals surface area contributed by atoms with E-state index in [1.165, 1.54) is 0 Å². The summed E-state index contributed by atoms with van der Waals surface area (Å²) in [4.78, 5) is 11.3. The maximum absolute atomic E-state index is 12.7. The molecule has 1 rings (SSSR count). The number of ketones is 1. The Labute approximate surface area is 92.1 Å². The molecule has 4 heteroatoms. The Balaban J connectivity index is 3.33. The molecule has 0 aliphatic carbocycles. The van der Waals surface area contributed by atoms with Gasteiger partial charge in [-0.05, 0) is 43.5 Å². The molecule has 1 aromatic rings. The van der Waals surface area contributed by atoms with E-state index in [0.717, 1.165) is 5.56 Å². The van der Waals surface area contributed by atoms with Gasteiger partial charge in [0, 0.05) is 5.56 Å². The average molecular weight is 233 g/mol. The summed E-state index contributed by atoms with van der Waals surface area (Å²) in [5.41, 5.74) is 2.00. The number of halogens is 3. The minimum atomic E-state index is -3.83. The van der Waals surface area contributed by atoms with Gasteiger partial charge >= 0.3 is 5.38 Å². The monoisotopic (exact) mass is 232 g/mol. The second-order valence-corrected chi connectivity index (χ2v) is 4.08. The molecule has 0 aliphatic rings. The number of rotatable bonds is 2. The number of carbonyl (C=O) groups excluding carboxylic acids is 1. The lowest BCUT2D eigenvalue weighted by atomic mass is 9.97. The van der Waals surface area contributed by atoms with Crippen LogP contribution in [0.2, 0.25) is 0 Å². The van der Waals surface area contributed by atoms with Crippen molar-refractivity contribution in [2.75, 3.05) is 0 Å². The zero-order chi connectivity index (χ0) is 11.8. The van der Waals surface area contributed by atoms with Gasteiger partial charge in [-0.3, -0.25) is 4.79 Å². The van der Waals surface area contributed by atoms with Crippen molar-refractivity contribution in [3.05, 3.63) is 34.4 Å². The molecule has 0 N–H and O–H groups in total. The minimum absolute atomic E-state index is 0.0144. The van der Waals surface area contributed by atoms with E-state index < -0.39 is 11.2 Å². The van der Waals surface area contributed by atoms with Crippen LogP contribution in [-0.2, 0) is 0 Å². The maximum Gasteiger partial charge on any atom is 0.384 e. The Hall–Kier alpha value is -0.960. The molecule has 0 saturated heterocycles. The van der Waals surface area contributed by atoms with Crippen molar-refractivity contribution < 1.29 is 13.6 Å². The van der Waals surface area contributed by atoms with E-state index in [-0.39, 0.29) is 5.56 Å². The Bertz CT molecular complexity index is 385. The number of hydrogen-bond donors (Lipinski definition) is 0. The van der Waals surface area contributed by atoms with Crippen LogP contribution >= 0.6 is 11.6 Å². The first-order chi connectivity index (χ1) is 6.73. The molecule has 0 spiro atoms. The van der Waals surface area contributed by atoms with Crippen LogP contribution in [0.5, 0.6) is 0 Å². The third kappa shape index (κ3) is 2.53. The summed E-state index contributed by atoms with van der Waals surface area (Å²) in [5.74, 6) is -1.33. The largest absolute Gasteiger partial charge is 0.384 e. The molecule has 0 radical (unpaired) electrons. The fraction of sp³-hybridized carbons (Fsp3) is 0.364. The predicted octanol–water partition coefficient (Wildman–Crippen LogP) is 3.63. The van der Waals surface area contributed by atoms with Crippen molar-refractivity contribution in [2.24, 2.45) is 0 Å². The van der Waals surface area contributed by atoms with Crippen molar-refractivity contribution in [3.8, 4) is 0 Å². The third-order valence-electron chi connectivity index (χ3n) is 2.16. The highest BCUT2D eigenvalue weighted by Gasteiger charge is 2.38. The van der Waals surface area contributed by atoms with Gasteiger partial charge in [0.15, 0.2) is 0 Å². The second-order valence-electron chi connectivity index (χ2n) is 3.60. The lowest BCUT2D eigenvalue weighted by Crippen LogP contribution is -2.23. The molecule has 0 aliphatic heterocycles. The topological polar surface area (TPSA) is 17.1 Å². The Morgan fingerprint density at radius 2 is 1.60 bits per heavy atom. The van der Waals surface area contributed by atoms with Crippen LogP contribution < -0.4 is 0 Å². The van der Waals surface area contributed by atoms with Gasteiger partial charge < -0.3 is 0 Å². The first-order valence-corrected chi connectivity index (χ1v) is 4.80. The molecule has 82 valence electrons. The Kier molecular flexibility index (Phi) is 3.14. The lowest BCUT2D eigenvalue weighted by Gasteiger charge is -2.12. The summed E-state index contributed by atoms with van der Waals surface area (Å²) in [7, 11) is 0. The van der Waals surface area contributed by atoms with Gasteiger partial charge in [-0.25, -0.2) is 0 Å². The van der Waals surface area contributed by atoms with E-state index in [9.17, 15) is 13.6 Å². The van der Waals surface area contributed by atoms with Gasteiger partial charge in [-0.15, -0.1) is 0 Å². The quantitative estimate of drug-likeness (QED) is 0.562. The summed E-state index contributed by atoms with van der Waals surface area (Å²) in [5, 5.41) is -3.83. The predicted molar refractivity (Wildman–Crippen MR) is 55.8 cm³/mol. The van der Waals surface area contributed by atoms with Crippen molar-refractivity contribution >= 4 is 17.4 Å². The van der Waals surface area contributed by atoms with Crippen LogP contribution in [0.25, 0.3) is 0 Å². The molecule has 0 saturated carbocycles. The van der Waals surface area contributed by atoms with E-state index in [1.807, 2.05) is 6.92 Å². The van der Waals surface area contributed by atoms with Crippen LogP contribution in [0.15, 0.2) is 12.1 Å². The summed E-state index contributed by atoms with van der Waals surface area (Å²) in [6.45, 7) is 5.08. The first kappa shape index (κ1) is 12.1. The van der Waals surface area contributed by atoms with Gasteiger partial charge in [0.25, 0.3) is 0 Å². The number of hydrogen-bond acceptors (Lipinski definition) is 1. The maximum atomic E-state index is 12.7. The van der Waals surface area contributed by atoms with Crippen molar-refractivity contribution in [1.82, 2.24) is 0 Å². The molecule has 1 aromatic carbocycles. The van der Waals surface area contributed by atoms with Crippen LogP contribution in [-0.4, -0.2) is 11.2 Å². The van der Waals surface area contributed by atoms with Crippen molar-refractivity contribution in [1.29, 1.82) is 0 Å². The number of alkyl halides is 3. The van der Waals surface area contributed by atoms with Gasteiger partial charge in [0.05, 0.1) is 0 Å². The molecule has 0 heterocycles. The van der Waals surface area contributed by atoms with Crippen LogP contribution in [0, 0.1) is 20.8 Å². The van der Waals surface area contributed by atoms with Gasteiger partial charge in [-0.1, -0.05) is 17.7 Å². The SMILES string of the molecule is Cc1cc(C)c(C(=O)C(F)(F)Cl)c(C)c1. The molecule has 0 aromatic heterocycles. The van der Waals surface area contributed by atoms with E-state index in [0.29, 0.717) is 11.1 Å². The van der Waals surface area contributed by atoms with E-state index in [4.69, 9.17) is 11.6 Å². The van der Waals surface area contributed by atoms with E-state index in [1.54, 1.807) is 26.0 Å². The van der Waals surface area contributed by atoms with Crippen molar-refractivity contribution in [3.63, 3.8) is 0 Å². The molecule has 0 amide bonds. The number of aryl methyl sites for hydroxylation is 3. The van der Waals surface area contributed by atoms with Crippen LogP contribution in [0.3, 0.4) is 0 Å². The Morgan fingerprint density at radius 3 is 1.93 bits per heavy atom. The zero-order valence-electron chi connectivity index (χ0n) is 8.70. The number of benzene rings is 1. The molecule has 1 nitrogen and oxygen atoms in total. The highest BCUT2D eigenvalue weighted by atomic mass is 35.5. The van der Waals surface area contributed by atoms with E-state index in [2.05, 4.69) is 0 Å². The number of carbonyl (C=O) groups is 1. The molecule has 15 heavy (non-hydrogen) atoms. The van der Waals surface area contributed by atoms with E-state index >= 15 is 0 Å². The van der Waals surface area contributed by atoms with Crippen LogP contribution in [0.1, 0.15) is 27.0 Å². The Morgan fingerprint density at radius 1 is 1.20 bits per heavy atom. The van der Waals surface area contributed by atoms with Gasteiger partial charge in [-0.2, -0.15) is 8.78 Å². The normalized spacial score (nSPS) is 11.6. The summed E-state index contributed by atoms with van der Waals surface area (Å²) >= 11 is 4.72. The van der Waals surface area contributed by atoms with Gasteiger partial charge in [0.1, 0.15) is 0 Å². The molecule has 0 fully saturated rings. The van der Waals surface area contributed by atoms with Gasteiger partial charge in [0.2, 0.25) is 5.78 Å². The average Bonchev–Trinajstić information content (AvgIpc) is 1.99. The highest BCUT2D eigenvalue weighted by Crippen LogP contribution is 2.28. The summed E-state index contributed by atoms with van der Waals surface area (Å²) < 4.78 is 25.4. The molecular formula is C11H11ClF2O.